The fourth-order valence-corrected chi connectivity index (χ4v) is 5.18. The fourth-order valence-electron chi connectivity index (χ4n) is 4.52. The predicted molar refractivity (Wildman–Crippen MR) is 105 cm³/mol. The van der Waals surface area contributed by atoms with E-state index in [2.05, 4.69) is 45.9 Å². The second-order valence-corrected chi connectivity index (χ2v) is 8.42. The second-order valence-electron chi connectivity index (χ2n) is 7.53. The highest BCUT2D eigenvalue weighted by Gasteiger charge is 2.40. The molecule has 25 heavy (non-hydrogen) atoms. The van der Waals surface area contributed by atoms with E-state index in [0.29, 0.717) is 5.13 Å². The summed E-state index contributed by atoms with van der Waals surface area (Å²) in [6.45, 7) is 5.89. The molecule has 0 saturated carbocycles. The van der Waals surface area contributed by atoms with Gasteiger partial charge in [-0.2, -0.15) is 0 Å². The number of likely N-dealkylation sites (tertiary alicyclic amines) is 1. The average Bonchev–Trinajstić information content (AvgIpc) is 3.11. The Kier molecular flexibility index (Phi) is 5.06. The third-order valence-corrected chi connectivity index (χ3v) is 6.64. The number of anilines is 1. The van der Waals surface area contributed by atoms with Crippen LogP contribution in [0.3, 0.4) is 0 Å². The quantitative estimate of drug-likeness (QED) is 0.884. The van der Waals surface area contributed by atoms with Gasteiger partial charge < -0.3 is 16.0 Å². The normalized spacial score (nSPS) is 24.2. The number of nitrogens with one attached hydrogen (secondary N) is 1. The van der Waals surface area contributed by atoms with Crippen molar-refractivity contribution in [3.63, 3.8) is 0 Å². The molecule has 2 fully saturated rings. The van der Waals surface area contributed by atoms with Crippen molar-refractivity contribution in [1.82, 2.24) is 15.2 Å². The number of piperidine rings is 2. The van der Waals surface area contributed by atoms with Crippen LogP contribution in [0.2, 0.25) is 0 Å². The van der Waals surface area contributed by atoms with Crippen LogP contribution in [0.4, 0.5) is 5.13 Å². The van der Waals surface area contributed by atoms with Gasteiger partial charge in [-0.3, -0.25) is 0 Å². The van der Waals surface area contributed by atoms with Crippen LogP contribution in [0.25, 0.3) is 0 Å². The van der Waals surface area contributed by atoms with E-state index in [-0.39, 0.29) is 5.41 Å². The number of hydrogen-bond donors (Lipinski definition) is 2. The number of nitrogens with two attached hydrogens (primary N) is 1. The highest BCUT2D eigenvalue weighted by Crippen LogP contribution is 2.42. The maximum absolute atomic E-state index is 5.96. The van der Waals surface area contributed by atoms with Crippen LogP contribution in [0.5, 0.6) is 0 Å². The Morgan fingerprint density at radius 3 is 2.68 bits per heavy atom. The number of hydrogen-bond acceptors (Lipinski definition) is 5. The summed E-state index contributed by atoms with van der Waals surface area (Å²) in [7, 11) is 0. The zero-order chi connectivity index (χ0) is 17.1. The summed E-state index contributed by atoms with van der Waals surface area (Å²) in [5, 5.41) is 6.40. The smallest absolute Gasteiger partial charge is 0.180 e. The van der Waals surface area contributed by atoms with Gasteiger partial charge in [0.2, 0.25) is 0 Å². The number of nitrogens with zero attached hydrogens (tertiary/aromatic N) is 2. The summed E-state index contributed by atoms with van der Waals surface area (Å²) in [6.07, 6.45) is 4.95. The Hall–Kier alpha value is -1.43. The van der Waals surface area contributed by atoms with Gasteiger partial charge in [-0.05, 0) is 63.3 Å². The molecule has 0 amide bonds. The maximum Gasteiger partial charge on any atom is 0.180 e. The van der Waals surface area contributed by atoms with Gasteiger partial charge in [0.05, 0.1) is 5.69 Å². The highest BCUT2D eigenvalue weighted by molar-refractivity contribution is 7.13. The summed E-state index contributed by atoms with van der Waals surface area (Å²) < 4.78 is 0. The van der Waals surface area contributed by atoms with E-state index in [4.69, 9.17) is 10.7 Å². The van der Waals surface area contributed by atoms with E-state index >= 15 is 0 Å². The van der Waals surface area contributed by atoms with E-state index in [1.165, 1.54) is 43.7 Å². The minimum Gasteiger partial charge on any atom is -0.375 e. The van der Waals surface area contributed by atoms with Crippen molar-refractivity contribution in [3.8, 4) is 0 Å². The molecule has 4 rings (SSSR count). The third-order valence-electron chi connectivity index (χ3n) is 5.96. The largest absolute Gasteiger partial charge is 0.375 e. The lowest BCUT2D eigenvalue weighted by Gasteiger charge is -2.42. The van der Waals surface area contributed by atoms with Crippen molar-refractivity contribution in [3.05, 3.63) is 47.0 Å². The topological polar surface area (TPSA) is 54.2 Å². The van der Waals surface area contributed by atoms with Gasteiger partial charge in [0.15, 0.2) is 5.13 Å². The molecular formula is C20H28N4S. The number of nitrogen functional groups attached to an aromatic ring is 1. The second kappa shape index (κ2) is 7.44. The summed E-state index contributed by atoms with van der Waals surface area (Å²) in [5.74, 6) is 0.813. The van der Waals surface area contributed by atoms with Crippen LogP contribution in [-0.4, -0.2) is 42.6 Å². The molecule has 0 spiro atoms. The SMILES string of the molecule is Nc1nc(C2(c3ccccc3)CCN(CC3CCCNC3)CC2)cs1. The van der Waals surface area contributed by atoms with Crippen molar-refractivity contribution >= 4 is 16.5 Å². The molecule has 3 heterocycles. The molecule has 4 nitrogen and oxygen atoms in total. The molecule has 1 unspecified atom stereocenters. The number of rotatable bonds is 4. The van der Waals surface area contributed by atoms with Gasteiger partial charge in [-0.1, -0.05) is 30.3 Å². The van der Waals surface area contributed by atoms with Crippen LogP contribution in [0.15, 0.2) is 35.7 Å². The molecule has 3 N–H and O–H groups in total. The minimum atomic E-state index is 0.0245. The molecule has 2 saturated heterocycles. The van der Waals surface area contributed by atoms with Gasteiger partial charge in [0.1, 0.15) is 0 Å². The average molecular weight is 357 g/mol. The fraction of sp³-hybridized carbons (Fsp3) is 0.550. The lowest BCUT2D eigenvalue weighted by Crippen LogP contribution is -2.46. The molecule has 2 aliphatic heterocycles. The summed E-state index contributed by atoms with van der Waals surface area (Å²) in [5.41, 5.74) is 8.54. The monoisotopic (exact) mass is 356 g/mol. The first-order valence-electron chi connectivity index (χ1n) is 9.46. The Labute approximate surface area is 154 Å². The Morgan fingerprint density at radius 2 is 2.04 bits per heavy atom. The van der Waals surface area contributed by atoms with Crippen LogP contribution < -0.4 is 11.1 Å². The van der Waals surface area contributed by atoms with Gasteiger partial charge >= 0.3 is 0 Å². The Bertz CT molecular complexity index is 670. The van der Waals surface area contributed by atoms with Gasteiger partial charge in [0, 0.05) is 17.3 Å². The molecule has 0 radical (unpaired) electrons. The molecule has 5 heteroatoms. The zero-order valence-electron chi connectivity index (χ0n) is 14.8. The van der Waals surface area contributed by atoms with E-state index < -0.39 is 0 Å². The molecule has 2 aliphatic rings. The molecule has 2 aromatic rings. The van der Waals surface area contributed by atoms with E-state index in [0.717, 1.165) is 31.8 Å². The van der Waals surface area contributed by atoms with Crippen molar-refractivity contribution in [1.29, 1.82) is 0 Å². The zero-order valence-corrected chi connectivity index (χ0v) is 15.6. The van der Waals surface area contributed by atoms with Crippen LogP contribution >= 0.6 is 11.3 Å². The summed E-state index contributed by atoms with van der Waals surface area (Å²) in [6, 6.07) is 10.9. The van der Waals surface area contributed by atoms with Gasteiger partial charge in [-0.15, -0.1) is 11.3 Å². The molecule has 134 valence electrons. The van der Waals surface area contributed by atoms with Gasteiger partial charge in [0.25, 0.3) is 0 Å². The molecule has 0 aliphatic carbocycles. The Balaban J connectivity index is 1.51. The highest BCUT2D eigenvalue weighted by atomic mass is 32.1. The lowest BCUT2D eigenvalue weighted by atomic mass is 9.70. The first kappa shape index (κ1) is 17.0. The van der Waals surface area contributed by atoms with E-state index in [1.54, 1.807) is 11.3 Å². The number of thiazole rings is 1. The third kappa shape index (κ3) is 3.59. The molecule has 1 aromatic heterocycles. The number of benzene rings is 1. The maximum atomic E-state index is 5.96. The molecule has 1 aromatic carbocycles. The minimum absolute atomic E-state index is 0.0245. The van der Waals surface area contributed by atoms with Crippen LogP contribution in [-0.2, 0) is 5.41 Å². The summed E-state index contributed by atoms with van der Waals surface area (Å²) >= 11 is 1.57. The first-order valence-corrected chi connectivity index (χ1v) is 10.3. The van der Waals surface area contributed by atoms with Crippen LogP contribution in [0, 0.1) is 5.92 Å². The Morgan fingerprint density at radius 1 is 1.24 bits per heavy atom. The van der Waals surface area contributed by atoms with E-state index in [9.17, 15) is 0 Å². The molecule has 1 atom stereocenters. The lowest BCUT2D eigenvalue weighted by molar-refractivity contribution is 0.145. The first-order chi connectivity index (χ1) is 12.3. The van der Waals surface area contributed by atoms with Crippen molar-refractivity contribution in [2.75, 3.05) is 38.5 Å². The predicted octanol–water partition coefficient (Wildman–Crippen LogP) is 3.11. The van der Waals surface area contributed by atoms with E-state index in [1.807, 2.05) is 0 Å². The van der Waals surface area contributed by atoms with Crippen molar-refractivity contribution in [2.45, 2.75) is 31.1 Å². The van der Waals surface area contributed by atoms with Crippen molar-refractivity contribution < 1.29 is 0 Å². The standard InChI is InChI=1S/C20H28N4S/c21-19-23-18(15-25-19)20(17-6-2-1-3-7-17)8-11-24(12-9-20)14-16-5-4-10-22-13-16/h1-3,6-7,15-16,22H,4-5,8-14H2,(H2,21,23). The van der Waals surface area contributed by atoms with Crippen LogP contribution in [0.1, 0.15) is 36.9 Å². The molecule has 0 bridgehead atoms. The number of aromatic nitrogens is 1. The summed E-state index contributed by atoms with van der Waals surface area (Å²) in [4.78, 5) is 7.35. The van der Waals surface area contributed by atoms with Gasteiger partial charge in [-0.25, -0.2) is 4.98 Å². The molecular weight excluding hydrogens is 328 g/mol. The van der Waals surface area contributed by atoms with Crippen molar-refractivity contribution in [2.24, 2.45) is 5.92 Å².